The summed E-state index contributed by atoms with van der Waals surface area (Å²) < 4.78 is 10.2. The average molecular weight is 325 g/mol. The summed E-state index contributed by atoms with van der Waals surface area (Å²) in [6.45, 7) is 0. The Hall–Kier alpha value is -2.06. The second-order valence-corrected chi connectivity index (χ2v) is 5.35. The van der Waals surface area contributed by atoms with Gasteiger partial charge in [-0.15, -0.1) is 0 Å². The third kappa shape index (κ3) is 3.01. The fraction of sp³-hybridized carbons (Fsp3) is 0.154. The molecule has 6 nitrogen and oxygen atoms in total. The van der Waals surface area contributed by atoms with Crippen LogP contribution in [-0.4, -0.2) is 35.5 Å². The standard InChI is InChI=1S/C13H11NO5S2/c1-18-7-4-3-6(9(12(15)16)10(7)19-2)5-8-11(20)14-13(17)21-8/h3-5H,1-2H3,(H,15,16)(H,14,17,20)/b8-5-. The summed E-state index contributed by atoms with van der Waals surface area (Å²) in [6, 6.07) is 3.17. The zero-order valence-electron chi connectivity index (χ0n) is 11.1. The number of aromatic carboxylic acids is 1. The minimum atomic E-state index is -1.16. The highest BCUT2D eigenvalue weighted by Crippen LogP contribution is 2.36. The number of carboxylic acid groups (broad SMARTS) is 1. The molecule has 0 atom stereocenters. The predicted octanol–water partition coefficient (Wildman–Crippen LogP) is 2.53. The highest BCUT2D eigenvalue weighted by atomic mass is 32.2. The number of amides is 1. The lowest BCUT2D eigenvalue weighted by Gasteiger charge is -2.12. The van der Waals surface area contributed by atoms with Crippen molar-refractivity contribution in [2.45, 2.75) is 0 Å². The molecule has 1 aromatic carbocycles. The lowest BCUT2D eigenvalue weighted by atomic mass is 10.0. The smallest absolute Gasteiger partial charge is 0.340 e. The van der Waals surface area contributed by atoms with Gasteiger partial charge in [-0.1, -0.05) is 18.3 Å². The van der Waals surface area contributed by atoms with Crippen molar-refractivity contribution in [2.75, 3.05) is 14.2 Å². The second kappa shape index (κ2) is 6.15. The number of rotatable bonds is 4. The number of hydrogen-bond donors (Lipinski definition) is 2. The summed E-state index contributed by atoms with van der Waals surface area (Å²) in [5, 5.41) is 11.6. The van der Waals surface area contributed by atoms with Crippen LogP contribution in [0.15, 0.2) is 17.0 Å². The summed E-state index contributed by atoms with van der Waals surface area (Å²) >= 11 is 5.93. The molecule has 1 fully saturated rings. The molecule has 2 rings (SSSR count). The van der Waals surface area contributed by atoms with Gasteiger partial charge < -0.3 is 19.9 Å². The molecular formula is C13H11NO5S2. The predicted molar refractivity (Wildman–Crippen MR) is 83.2 cm³/mol. The fourth-order valence-corrected chi connectivity index (χ4v) is 2.87. The molecule has 110 valence electrons. The largest absolute Gasteiger partial charge is 0.493 e. The number of carboxylic acids is 1. The molecule has 2 N–H and O–H groups in total. The Bertz CT molecular complexity index is 669. The first kappa shape index (κ1) is 15.3. The molecule has 0 spiro atoms. The number of nitrogens with one attached hydrogen (secondary N) is 1. The van der Waals surface area contributed by atoms with Crippen LogP contribution in [0, 0.1) is 0 Å². The maximum absolute atomic E-state index is 11.5. The normalized spacial score (nSPS) is 16.0. The second-order valence-electron chi connectivity index (χ2n) is 3.92. The van der Waals surface area contributed by atoms with E-state index >= 15 is 0 Å². The maximum atomic E-state index is 11.5. The van der Waals surface area contributed by atoms with Crippen LogP contribution in [-0.2, 0) is 0 Å². The molecule has 1 saturated heterocycles. The van der Waals surface area contributed by atoms with E-state index in [2.05, 4.69) is 5.32 Å². The molecule has 21 heavy (non-hydrogen) atoms. The molecule has 0 bridgehead atoms. The highest BCUT2D eigenvalue weighted by molar-refractivity contribution is 8.19. The van der Waals surface area contributed by atoms with Crippen molar-refractivity contribution >= 4 is 46.3 Å². The Morgan fingerprint density at radius 1 is 1.38 bits per heavy atom. The minimum absolute atomic E-state index is 0.0490. The number of benzene rings is 1. The van der Waals surface area contributed by atoms with Gasteiger partial charge >= 0.3 is 5.97 Å². The molecule has 1 aliphatic heterocycles. The first-order chi connectivity index (χ1) is 9.97. The zero-order chi connectivity index (χ0) is 15.6. The van der Waals surface area contributed by atoms with Crippen molar-refractivity contribution in [1.82, 2.24) is 5.32 Å². The van der Waals surface area contributed by atoms with Crippen molar-refractivity contribution in [3.8, 4) is 11.5 Å². The Morgan fingerprint density at radius 2 is 2.10 bits per heavy atom. The summed E-state index contributed by atoms with van der Waals surface area (Å²) in [5.41, 5.74) is 0.327. The molecule has 0 saturated carbocycles. The van der Waals surface area contributed by atoms with Crippen LogP contribution < -0.4 is 14.8 Å². The summed E-state index contributed by atoms with van der Waals surface area (Å²) in [7, 11) is 2.79. The Morgan fingerprint density at radius 3 is 2.57 bits per heavy atom. The van der Waals surface area contributed by atoms with Crippen molar-refractivity contribution < 1.29 is 24.2 Å². The van der Waals surface area contributed by atoms with E-state index in [1.807, 2.05) is 0 Å². The first-order valence-electron chi connectivity index (χ1n) is 5.71. The van der Waals surface area contributed by atoms with Crippen molar-refractivity contribution in [3.63, 3.8) is 0 Å². The Balaban J connectivity index is 2.59. The van der Waals surface area contributed by atoms with Crippen molar-refractivity contribution in [3.05, 3.63) is 28.2 Å². The van der Waals surface area contributed by atoms with Gasteiger partial charge in [0, 0.05) is 0 Å². The fourth-order valence-electron chi connectivity index (χ4n) is 1.85. The Kier molecular flexibility index (Phi) is 4.49. The van der Waals surface area contributed by atoms with E-state index in [1.165, 1.54) is 20.3 Å². The van der Waals surface area contributed by atoms with Crippen LogP contribution in [0.2, 0.25) is 0 Å². The highest BCUT2D eigenvalue weighted by Gasteiger charge is 2.24. The molecule has 1 heterocycles. The molecule has 1 aliphatic rings. The van der Waals surface area contributed by atoms with Gasteiger partial charge in [-0.3, -0.25) is 4.79 Å². The van der Waals surface area contributed by atoms with Crippen molar-refractivity contribution in [1.29, 1.82) is 0 Å². The molecule has 0 radical (unpaired) electrons. The van der Waals surface area contributed by atoms with Gasteiger partial charge in [0.2, 0.25) is 0 Å². The van der Waals surface area contributed by atoms with Crippen LogP contribution in [0.4, 0.5) is 4.79 Å². The monoisotopic (exact) mass is 325 g/mol. The molecule has 0 unspecified atom stereocenters. The molecule has 0 aromatic heterocycles. The number of carbonyl (C=O) groups excluding carboxylic acids is 1. The van der Waals surface area contributed by atoms with E-state index in [0.717, 1.165) is 11.8 Å². The zero-order valence-corrected chi connectivity index (χ0v) is 12.8. The van der Waals surface area contributed by atoms with Gasteiger partial charge in [0.25, 0.3) is 5.24 Å². The lowest BCUT2D eigenvalue weighted by molar-refractivity contribution is 0.0692. The van der Waals surface area contributed by atoms with E-state index in [-0.39, 0.29) is 21.5 Å². The summed E-state index contributed by atoms with van der Waals surface area (Å²) in [6.07, 6.45) is 1.54. The number of carbonyl (C=O) groups is 2. The van der Waals surface area contributed by atoms with E-state index in [1.54, 1.807) is 12.1 Å². The third-order valence-electron chi connectivity index (χ3n) is 2.72. The van der Waals surface area contributed by atoms with Crippen LogP contribution in [0.1, 0.15) is 15.9 Å². The number of thioether (sulfide) groups is 1. The van der Waals surface area contributed by atoms with E-state index in [4.69, 9.17) is 21.7 Å². The van der Waals surface area contributed by atoms with E-state index < -0.39 is 5.97 Å². The maximum Gasteiger partial charge on any atom is 0.340 e. The average Bonchev–Trinajstić information content (AvgIpc) is 2.75. The van der Waals surface area contributed by atoms with Gasteiger partial charge in [-0.25, -0.2) is 4.79 Å². The Labute approximate surface area is 130 Å². The van der Waals surface area contributed by atoms with Crippen molar-refractivity contribution in [2.24, 2.45) is 0 Å². The van der Waals surface area contributed by atoms with E-state index in [9.17, 15) is 14.7 Å². The SMILES string of the molecule is COc1ccc(/C=C2\SC(=O)NC2=S)c(C(=O)O)c1OC. The number of hydrogen-bond acceptors (Lipinski definition) is 6. The van der Waals surface area contributed by atoms with Gasteiger partial charge in [0.05, 0.1) is 19.1 Å². The first-order valence-corrected chi connectivity index (χ1v) is 6.93. The van der Waals surface area contributed by atoms with Crippen LogP contribution >= 0.6 is 24.0 Å². The van der Waals surface area contributed by atoms with Crippen LogP contribution in [0.3, 0.4) is 0 Å². The lowest BCUT2D eigenvalue weighted by Crippen LogP contribution is -2.16. The number of methoxy groups -OCH3 is 2. The molecular weight excluding hydrogens is 314 g/mol. The quantitative estimate of drug-likeness (QED) is 0.650. The van der Waals surface area contributed by atoms with Gasteiger partial charge in [0.1, 0.15) is 10.6 Å². The molecule has 0 aliphatic carbocycles. The summed E-state index contributed by atoms with van der Waals surface area (Å²) in [5.74, 6) is -0.730. The van der Waals surface area contributed by atoms with Gasteiger partial charge in [0.15, 0.2) is 11.5 Å². The molecule has 8 heteroatoms. The van der Waals surface area contributed by atoms with E-state index in [0.29, 0.717) is 16.2 Å². The summed E-state index contributed by atoms with van der Waals surface area (Å²) in [4.78, 5) is 23.5. The molecule has 1 amide bonds. The van der Waals surface area contributed by atoms with Crippen LogP contribution in [0.25, 0.3) is 6.08 Å². The topological polar surface area (TPSA) is 84.9 Å². The van der Waals surface area contributed by atoms with Gasteiger partial charge in [-0.2, -0.15) is 0 Å². The number of ether oxygens (including phenoxy) is 2. The minimum Gasteiger partial charge on any atom is -0.493 e. The number of thiocarbonyl (C=S) groups is 1. The third-order valence-corrected chi connectivity index (χ3v) is 4.00. The van der Waals surface area contributed by atoms with Gasteiger partial charge in [-0.05, 0) is 29.5 Å². The molecule has 1 aromatic rings. The van der Waals surface area contributed by atoms with Crippen LogP contribution in [0.5, 0.6) is 11.5 Å².